The Morgan fingerprint density at radius 1 is 1.11 bits per heavy atom. The molecule has 0 fully saturated rings. The molecule has 0 spiro atoms. The van der Waals surface area contributed by atoms with Crippen molar-refractivity contribution in [3.05, 3.63) is 48.0 Å². The van der Waals surface area contributed by atoms with Gasteiger partial charge in [0.25, 0.3) is 0 Å². The van der Waals surface area contributed by atoms with Crippen molar-refractivity contribution in [1.82, 2.24) is 0 Å². The highest BCUT2D eigenvalue weighted by molar-refractivity contribution is 7.92. The summed E-state index contributed by atoms with van der Waals surface area (Å²) in [6.07, 6.45) is 0.929. The lowest BCUT2D eigenvalue weighted by Crippen LogP contribution is -2.21. The third kappa shape index (κ3) is 6.49. The van der Waals surface area contributed by atoms with Gasteiger partial charge < -0.3 is 14.8 Å². The Kier molecular flexibility index (Phi) is 7.06. The van der Waals surface area contributed by atoms with E-state index in [0.717, 1.165) is 6.42 Å². The second kappa shape index (κ2) is 9.27. The van der Waals surface area contributed by atoms with Gasteiger partial charge in [0.2, 0.25) is 15.9 Å². The SMILES string of the molecule is CCc1ccc(OCCS(=O)(=O)Nc2cc(NC(C)=O)ccc2OC)cc1. The molecule has 2 rings (SSSR count). The molecule has 2 aromatic rings. The second-order valence-electron chi connectivity index (χ2n) is 5.86. The van der Waals surface area contributed by atoms with Crippen LogP contribution in [0.1, 0.15) is 19.4 Å². The van der Waals surface area contributed by atoms with Crippen LogP contribution in [0.4, 0.5) is 11.4 Å². The predicted molar refractivity (Wildman–Crippen MR) is 106 cm³/mol. The standard InChI is InChI=1S/C19H24N2O5S/c1-4-15-5-8-17(9-6-15)26-11-12-27(23,24)21-18-13-16(20-14(2)22)7-10-19(18)25-3/h5-10,13,21H,4,11-12H2,1-3H3,(H,20,22). The molecule has 7 nitrogen and oxygen atoms in total. The minimum absolute atomic E-state index is 0.00844. The fraction of sp³-hybridized carbons (Fsp3) is 0.316. The molecule has 1 amide bonds. The molecule has 0 radical (unpaired) electrons. The third-order valence-electron chi connectivity index (χ3n) is 3.74. The minimum Gasteiger partial charge on any atom is -0.495 e. The van der Waals surface area contributed by atoms with Crippen molar-refractivity contribution >= 4 is 27.3 Å². The molecule has 0 bridgehead atoms. The number of amides is 1. The van der Waals surface area contributed by atoms with E-state index in [9.17, 15) is 13.2 Å². The predicted octanol–water partition coefficient (Wildman–Crippen LogP) is 3.04. The van der Waals surface area contributed by atoms with Crippen molar-refractivity contribution in [2.24, 2.45) is 0 Å². The van der Waals surface area contributed by atoms with Crippen LogP contribution in [0.3, 0.4) is 0 Å². The molecule has 0 aliphatic rings. The van der Waals surface area contributed by atoms with Crippen LogP contribution in [0, 0.1) is 0 Å². The Morgan fingerprint density at radius 3 is 2.41 bits per heavy atom. The molecule has 0 aromatic heterocycles. The van der Waals surface area contributed by atoms with Gasteiger partial charge in [0.15, 0.2) is 0 Å². The molecule has 0 aliphatic carbocycles. The number of methoxy groups -OCH3 is 1. The second-order valence-corrected chi connectivity index (χ2v) is 7.71. The van der Waals surface area contributed by atoms with Crippen molar-refractivity contribution in [3.8, 4) is 11.5 Å². The van der Waals surface area contributed by atoms with E-state index in [1.54, 1.807) is 12.1 Å². The Bertz CT molecular complexity index is 879. The van der Waals surface area contributed by atoms with E-state index < -0.39 is 10.0 Å². The van der Waals surface area contributed by atoms with Crippen LogP contribution in [-0.4, -0.2) is 33.8 Å². The maximum absolute atomic E-state index is 12.4. The number of carbonyl (C=O) groups excluding carboxylic acids is 1. The molecule has 146 valence electrons. The summed E-state index contributed by atoms with van der Waals surface area (Å²) in [4.78, 5) is 11.2. The summed E-state index contributed by atoms with van der Waals surface area (Å²) < 4.78 is 37.9. The third-order valence-corrected chi connectivity index (χ3v) is 4.97. The highest BCUT2D eigenvalue weighted by Gasteiger charge is 2.15. The molecule has 0 aliphatic heterocycles. The number of benzene rings is 2. The number of hydrogen-bond donors (Lipinski definition) is 2. The van der Waals surface area contributed by atoms with E-state index in [-0.39, 0.29) is 24.0 Å². The van der Waals surface area contributed by atoms with Crippen molar-refractivity contribution < 1.29 is 22.7 Å². The molecule has 0 saturated carbocycles. The molecule has 2 aromatic carbocycles. The van der Waals surface area contributed by atoms with Gasteiger partial charge in [-0.3, -0.25) is 9.52 Å². The van der Waals surface area contributed by atoms with E-state index in [0.29, 0.717) is 17.2 Å². The molecule has 0 heterocycles. The summed E-state index contributed by atoms with van der Waals surface area (Å²) in [7, 11) is -2.22. The number of ether oxygens (including phenoxy) is 2. The number of nitrogens with one attached hydrogen (secondary N) is 2. The summed E-state index contributed by atoms with van der Waals surface area (Å²) in [6.45, 7) is 3.44. The highest BCUT2D eigenvalue weighted by atomic mass is 32.2. The first-order chi connectivity index (χ1) is 12.8. The largest absolute Gasteiger partial charge is 0.495 e. The molecule has 0 saturated heterocycles. The van der Waals surface area contributed by atoms with Crippen LogP contribution in [-0.2, 0) is 21.2 Å². The smallest absolute Gasteiger partial charge is 0.236 e. The van der Waals surface area contributed by atoms with Crippen LogP contribution in [0.5, 0.6) is 11.5 Å². The van der Waals surface area contributed by atoms with Gasteiger partial charge >= 0.3 is 0 Å². The first-order valence-electron chi connectivity index (χ1n) is 8.51. The zero-order chi connectivity index (χ0) is 19.9. The summed E-state index contributed by atoms with van der Waals surface area (Å²) in [5.74, 6) is 0.489. The zero-order valence-electron chi connectivity index (χ0n) is 15.6. The van der Waals surface area contributed by atoms with E-state index >= 15 is 0 Å². The quantitative estimate of drug-likeness (QED) is 0.684. The lowest BCUT2D eigenvalue weighted by atomic mass is 10.2. The first-order valence-corrected chi connectivity index (χ1v) is 10.2. The summed E-state index contributed by atoms with van der Waals surface area (Å²) in [6, 6.07) is 12.2. The number of sulfonamides is 1. The van der Waals surface area contributed by atoms with E-state index in [1.807, 2.05) is 24.3 Å². The summed E-state index contributed by atoms with van der Waals surface area (Å²) >= 11 is 0. The molecule has 27 heavy (non-hydrogen) atoms. The van der Waals surface area contributed by atoms with Crippen molar-refractivity contribution in [2.75, 3.05) is 29.5 Å². The van der Waals surface area contributed by atoms with Crippen LogP contribution in [0.2, 0.25) is 0 Å². The van der Waals surface area contributed by atoms with Gasteiger partial charge in [0.1, 0.15) is 23.9 Å². The normalized spacial score (nSPS) is 10.9. The van der Waals surface area contributed by atoms with Crippen LogP contribution in [0.15, 0.2) is 42.5 Å². The monoisotopic (exact) mass is 392 g/mol. The molecule has 8 heteroatoms. The van der Waals surface area contributed by atoms with Gasteiger partial charge in [-0.15, -0.1) is 0 Å². The van der Waals surface area contributed by atoms with Gasteiger partial charge in [-0.2, -0.15) is 0 Å². The molecule has 0 unspecified atom stereocenters. The Morgan fingerprint density at radius 2 is 1.81 bits per heavy atom. The molecular formula is C19H24N2O5S. The number of rotatable bonds is 9. The van der Waals surface area contributed by atoms with Gasteiger partial charge in [0, 0.05) is 12.6 Å². The topological polar surface area (TPSA) is 93.7 Å². The minimum atomic E-state index is -3.66. The van der Waals surface area contributed by atoms with Crippen molar-refractivity contribution in [3.63, 3.8) is 0 Å². The van der Waals surface area contributed by atoms with Gasteiger partial charge in [-0.25, -0.2) is 8.42 Å². The van der Waals surface area contributed by atoms with Gasteiger partial charge in [-0.05, 0) is 42.3 Å². The zero-order valence-corrected chi connectivity index (χ0v) is 16.4. The Labute approximate surface area is 159 Å². The van der Waals surface area contributed by atoms with E-state index in [1.165, 1.54) is 25.7 Å². The van der Waals surface area contributed by atoms with Crippen molar-refractivity contribution in [2.45, 2.75) is 20.3 Å². The average Bonchev–Trinajstić information content (AvgIpc) is 2.61. The highest BCUT2D eigenvalue weighted by Crippen LogP contribution is 2.28. The molecule has 2 N–H and O–H groups in total. The number of aryl methyl sites for hydroxylation is 1. The summed E-state index contributed by atoms with van der Waals surface area (Å²) in [5, 5.41) is 2.60. The Hall–Kier alpha value is -2.74. The number of carbonyl (C=O) groups is 1. The van der Waals surface area contributed by atoms with Crippen LogP contribution in [0.25, 0.3) is 0 Å². The van der Waals surface area contributed by atoms with E-state index in [2.05, 4.69) is 17.0 Å². The number of anilines is 2. The first kappa shape index (κ1) is 20.6. The maximum Gasteiger partial charge on any atom is 0.236 e. The lowest BCUT2D eigenvalue weighted by molar-refractivity contribution is -0.114. The van der Waals surface area contributed by atoms with Crippen LogP contribution >= 0.6 is 0 Å². The van der Waals surface area contributed by atoms with Crippen LogP contribution < -0.4 is 19.5 Å². The lowest BCUT2D eigenvalue weighted by Gasteiger charge is -2.14. The van der Waals surface area contributed by atoms with Gasteiger partial charge in [-0.1, -0.05) is 19.1 Å². The fourth-order valence-electron chi connectivity index (χ4n) is 2.38. The van der Waals surface area contributed by atoms with Crippen molar-refractivity contribution in [1.29, 1.82) is 0 Å². The van der Waals surface area contributed by atoms with E-state index in [4.69, 9.17) is 9.47 Å². The average molecular weight is 392 g/mol. The van der Waals surface area contributed by atoms with Gasteiger partial charge in [0.05, 0.1) is 12.8 Å². The number of hydrogen-bond acceptors (Lipinski definition) is 5. The molecule has 0 atom stereocenters. The molecular weight excluding hydrogens is 368 g/mol. The Balaban J connectivity index is 2.00. The summed E-state index contributed by atoms with van der Waals surface area (Å²) in [5.41, 5.74) is 1.90. The fourth-order valence-corrected chi connectivity index (χ4v) is 3.28. The maximum atomic E-state index is 12.4.